The van der Waals surface area contributed by atoms with Gasteiger partial charge in [-0.3, -0.25) is 14.4 Å². The van der Waals surface area contributed by atoms with Crippen LogP contribution in [0.5, 0.6) is 0 Å². The largest absolute Gasteiger partial charge is 0.483 e. The number of rotatable bonds is 4. The lowest BCUT2D eigenvalue weighted by Gasteiger charge is -2.39. The average Bonchev–Trinajstić information content (AvgIpc) is 2.55. The predicted octanol–water partition coefficient (Wildman–Crippen LogP) is -0.417. The lowest BCUT2D eigenvalue weighted by molar-refractivity contribution is -0.125. The molecular formula is C15H27N3O5. The molecule has 2 saturated heterocycles. The summed E-state index contributed by atoms with van der Waals surface area (Å²) in [6, 6.07) is 0.895. The molecule has 8 heteroatoms. The molecule has 0 aromatic carbocycles. The van der Waals surface area contributed by atoms with E-state index in [0.717, 1.165) is 52.0 Å². The van der Waals surface area contributed by atoms with E-state index in [9.17, 15) is 9.59 Å². The number of hydrogen-bond donors (Lipinski definition) is 3. The van der Waals surface area contributed by atoms with Gasteiger partial charge < -0.3 is 25.4 Å². The molecule has 2 heterocycles. The van der Waals surface area contributed by atoms with Crippen LogP contribution in [0.25, 0.3) is 0 Å². The third-order valence-corrected chi connectivity index (χ3v) is 4.10. The van der Waals surface area contributed by atoms with Crippen LogP contribution in [0.15, 0.2) is 0 Å². The Hall–Kier alpha value is -1.67. The van der Waals surface area contributed by atoms with Crippen LogP contribution in [0.3, 0.4) is 0 Å². The first kappa shape index (κ1) is 19.4. The molecule has 8 nitrogen and oxygen atoms in total. The van der Waals surface area contributed by atoms with Gasteiger partial charge in [-0.05, 0) is 25.7 Å². The Morgan fingerprint density at radius 1 is 1.22 bits per heavy atom. The van der Waals surface area contributed by atoms with Gasteiger partial charge in [-0.15, -0.1) is 0 Å². The molecule has 3 N–H and O–H groups in total. The van der Waals surface area contributed by atoms with Gasteiger partial charge in [0.25, 0.3) is 6.47 Å². The van der Waals surface area contributed by atoms with Crippen molar-refractivity contribution in [1.82, 2.24) is 15.5 Å². The molecule has 132 valence electrons. The van der Waals surface area contributed by atoms with E-state index in [1.54, 1.807) is 0 Å². The number of carbonyl (C=O) groups excluding carboxylic acids is 2. The number of hydrogen-bond acceptors (Lipinski definition) is 5. The van der Waals surface area contributed by atoms with Gasteiger partial charge in [-0.25, -0.2) is 0 Å². The van der Waals surface area contributed by atoms with E-state index in [1.807, 2.05) is 0 Å². The molecular weight excluding hydrogens is 302 g/mol. The molecule has 2 rings (SSSR count). The molecule has 0 saturated carbocycles. The number of ether oxygens (including phenoxy) is 1. The standard InChI is InChI=1S/C14H25N3O3.CH2O2/c1-11(18)15-10-14(19)16-12-2-6-17(7-3-12)13-4-8-20-9-5-13;2-1-3/h12-13H,2-10H2,1H3,(H,15,18)(H,16,19);1H,(H,2,3). The molecule has 0 atom stereocenters. The SMILES string of the molecule is CC(=O)NCC(=O)NC1CCN(C2CCOCC2)CC1.O=CO. The van der Waals surface area contributed by atoms with Crippen LogP contribution in [0.1, 0.15) is 32.6 Å². The highest BCUT2D eigenvalue weighted by molar-refractivity contribution is 5.83. The maximum absolute atomic E-state index is 11.6. The molecule has 0 unspecified atom stereocenters. The lowest BCUT2D eigenvalue weighted by atomic mass is 9.99. The molecule has 2 fully saturated rings. The normalized spacial score (nSPS) is 20.0. The maximum Gasteiger partial charge on any atom is 0.290 e. The van der Waals surface area contributed by atoms with Crippen LogP contribution in [-0.4, -0.2) is 73.2 Å². The van der Waals surface area contributed by atoms with Gasteiger partial charge in [-0.2, -0.15) is 0 Å². The maximum atomic E-state index is 11.6. The zero-order chi connectivity index (χ0) is 17.1. The van der Waals surface area contributed by atoms with Crippen molar-refractivity contribution in [2.24, 2.45) is 0 Å². The zero-order valence-corrected chi connectivity index (χ0v) is 13.6. The van der Waals surface area contributed by atoms with Gasteiger partial charge in [0.15, 0.2) is 0 Å². The highest BCUT2D eigenvalue weighted by atomic mass is 16.5. The smallest absolute Gasteiger partial charge is 0.290 e. The molecule has 0 aliphatic carbocycles. The Labute approximate surface area is 136 Å². The summed E-state index contributed by atoms with van der Waals surface area (Å²) in [7, 11) is 0. The minimum absolute atomic E-state index is 0.0789. The second-order valence-corrected chi connectivity index (χ2v) is 5.74. The summed E-state index contributed by atoms with van der Waals surface area (Å²) in [5, 5.41) is 12.4. The molecule has 0 spiro atoms. The first-order valence-electron chi connectivity index (χ1n) is 8.00. The van der Waals surface area contributed by atoms with Crippen LogP contribution in [0.4, 0.5) is 0 Å². The van der Waals surface area contributed by atoms with E-state index in [1.165, 1.54) is 6.92 Å². The first-order chi connectivity index (χ1) is 11.1. The fourth-order valence-corrected chi connectivity index (χ4v) is 2.94. The molecule has 0 radical (unpaired) electrons. The molecule has 23 heavy (non-hydrogen) atoms. The highest BCUT2D eigenvalue weighted by Crippen LogP contribution is 2.19. The van der Waals surface area contributed by atoms with Gasteiger partial charge in [0, 0.05) is 45.3 Å². The van der Waals surface area contributed by atoms with E-state index in [0.29, 0.717) is 6.04 Å². The van der Waals surface area contributed by atoms with Gasteiger partial charge >= 0.3 is 0 Å². The Morgan fingerprint density at radius 2 is 1.78 bits per heavy atom. The predicted molar refractivity (Wildman–Crippen MR) is 84.0 cm³/mol. The summed E-state index contributed by atoms with van der Waals surface area (Å²) in [5.74, 6) is -0.265. The number of carboxylic acid groups (broad SMARTS) is 1. The third kappa shape index (κ3) is 7.94. The van der Waals surface area contributed by atoms with Crippen LogP contribution < -0.4 is 10.6 Å². The van der Waals surface area contributed by atoms with Crippen LogP contribution in [0, 0.1) is 0 Å². The molecule has 0 aromatic heterocycles. The van der Waals surface area contributed by atoms with Crippen molar-refractivity contribution in [1.29, 1.82) is 0 Å². The van der Waals surface area contributed by atoms with E-state index >= 15 is 0 Å². The summed E-state index contributed by atoms with van der Waals surface area (Å²) in [5.41, 5.74) is 0. The van der Waals surface area contributed by atoms with E-state index in [4.69, 9.17) is 14.6 Å². The average molecular weight is 329 g/mol. The summed E-state index contributed by atoms with van der Waals surface area (Å²) < 4.78 is 5.39. The molecule has 0 bridgehead atoms. The van der Waals surface area contributed by atoms with E-state index in [-0.39, 0.29) is 30.9 Å². The Morgan fingerprint density at radius 3 is 2.30 bits per heavy atom. The zero-order valence-electron chi connectivity index (χ0n) is 13.6. The van der Waals surface area contributed by atoms with Crippen LogP contribution in [-0.2, 0) is 19.1 Å². The summed E-state index contributed by atoms with van der Waals surface area (Å²) in [6.07, 6.45) is 4.23. The number of nitrogens with one attached hydrogen (secondary N) is 2. The van der Waals surface area contributed by atoms with Gasteiger partial charge in [-0.1, -0.05) is 0 Å². The Balaban J connectivity index is 0.000000816. The Bertz CT molecular complexity index is 377. The molecule has 2 aliphatic heterocycles. The topological polar surface area (TPSA) is 108 Å². The summed E-state index contributed by atoms with van der Waals surface area (Å²) in [4.78, 5) is 33.3. The second kappa shape index (κ2) is 11.0. The van der Waals surface area contributed by atoms with Gasteiger partial charge in [0.2, 0.25) is 11.8 Å². The van der Waals surface area contributed by atoms with Gasteiger partial charge in [0.05, 0.1) is 6.54 Å². The van der Waals surface area contributed by atoms with Crippen LogP contribution >= 0.6 is 0 Å². The van der Waals surface area contributed by atoms with Crippen molar-refractivity contribution in [3.05, 3.63) is 0 Å². The third-order valence-electron chi connectivity index (χ3n) is 4.10. The lowest BCUT2D eigenvalue weighted by Crippen LogP contribution is -2.50. The van der Waals surface area contributed by atoms with Crippen molar-refractivity contribution < 1.29 is 24.2 Å². The fourth-order valence-electron chi connectivity index (χ4n) is 2.94. The number of amides is 2. The minimum Gasteiger partial charge on any atom is -0.483 e. The second-order valence-electron chi connectivity index (χ2n) is 5.74. The quantitative estimate of drug-likeness (QED) is 0.605. The van der Waals surface area contributed by atoms with E-state index in [2.05, 4.69) is 15.5 Å². The van der Waals surface area contributed by atoms with Crippen molar-refractivity contribution in [2.75, 3.05) is 32.8 Å². The molecule has 2 aliphatic rings. The molecule has 0 aromatic rings. The van der Waals surface area contributed by atoms with Gasteiger partial charge in [0.1, 0.15) is 0 Å². The van der Waals surface area contributed by atoms with E-state index < -0.39 is 0 Å². The first-order valence-corrected chi connectivity index (χ1v) is 8.00. The number of nitrogens with zero attached hydrogens (tertiary/aromatic N) is 1. The highest BCUT2D eigenvalue weighted by Gasteiger charge is 2.26. The van der Waals surface area contributed by atoms with Crippen molar-refractivity contribution in [3.63, 3.8) is 0 Å². The molecule has 2 amide bonds. The summed E-state index contributed by atoms with van der Waals surface area (Å²) >= 11 is 0. The fraction of sp³-hybridized carbons (Fsp3) is 0.800. The summed E-state index contributed by atoms with van der Waals surface area (Å²) in [6.45, 7) is 5.07. The Kier molecular flexibility index (Phi) is 9.23. The number of likely N-dealkylation sites (tertiary alicyclic amines) is 1. The number of carbonyl (C=O) groups is 3. The minimum atomic E-state index is -0.250. The van der Waals surface area contributed by atoms with Crippen molar-refractivity contribution in [3.8, 4) is 0 Å². The monoisotopic (exact) mass is 329 g/mol. The van der Waals surface area contributed by atoms with Crippen LogP contribution in [0.2, 0.25) is 0 Å². The van der Waals surface area contributed by atoms with Crippen molar-refractivity contribution in [2.45, 2.75) is 44.7 Å². The number of piperidine rings is 1. The van der Waals surface area contributed by atoms with Crippen molar-refractivity contribution >= 4 is 18.3 Å².